The van der Waals surface area contributed by atoms with Gasteiger partial charge in [-0.05, 0) is 25.3 Å². The summed E-state index contributed by atoms with van der Waals surface area (Å²) in [5.74, 6) is 0.696. The molecule has 0 radical (unpaired) electrons. The first-order valence-electron chi connectivity index (χ1n) is 7.28. The van der Waals surface area contributed by atoms with Gasteiger partial charge in [0.15, 0.2) is 0 Å². The van der Waals surface area contributed by atoms with Gasteiger partial charge in [0, 0.05) is 18.0 Å². The molecule has 1 saturated carbocycles. The summed E-state index contributed by atoms with van der Waals surface area (Å²) < 4.78 is 0. The molecule has 3 nitrogen and oxygen atoms in total. The van der Waals surface area contributed by atoms with Gasteiger partial charge in [-0.15, -0.1) is 0 Å². The highest BCUT2D eigenvalue weighted by atomic mass is 16.1. The quantitative estimate of drug-likeness (QED) is 0.790. The van der Waals surface area contributed by atoms with Crippen molar-refractivity contribution >= 4 is 5.91 Å². The largest absolute Gasteiger partial charge is 0.353 e. The van der Waals surface area contributed by atoms with Gasteiger partial charge in [-0.2, -0.15) is 0 Å². The van der Waals surface area contributed by atoms with Crippen molar-refractivity contribution in [2.24, 2.45) is 0 Å². The van der Waals surface area contributed by atoms with Gasteiger partial charge in [0.25, 0.3) is 0 Å². The fraction of sp³-hybridized carbons (Fsp3) is 0.562. The van der Waals surface area contributed by atoms with E-state index in [1.165, 1.54) is 5.56 Å². The third-order valence-corrected chi connectivity index (χ3v) is 3.67. The Labute approximate surface area is 115 Å². The van der Waals surface area contributed by atoms with E-state index in [-0.39, 0.29) is 11.9 Å². The van der Waals surface area contributed by atoms with E-state index < -0.39 is 0 Å². The molecule has 0 bridgehead atoms. The lowest BCUT2D eigenvalue weighted by Crippen LogP contribution is -2.39. The van der Waals surface area contributed by atoms with E-state index in [0.29, 0.717) is 18.5 Å². The second kappa shape index (κ2) is 6.71. The number of carbonyl (C=O) groups is 1. The monoisotopic (exact) mass is 260 g/mol. The molecule has 3 unspecified atom stereocenters. The summed E-state index contributed by atoms with van der Waals surface area (Å²) in [5.41, 5.74) is 1.37. The van der Waals surface area contributed by atoms with Gasteiger partial charge in [0.05, 0.1) is 6.54 Å². The van der Waals surface area contributed by atoms with E-state index in [0.717, 1.165) is 19.3 Å². The Bertz CT molecular complexity index is 404. The lowest BCUT2D eigenvalue weighted by atomic mass is 10.1. The number of hydrogen-bond acceptors (Lipinski definition) is 2. The minimum Gasteiger partial charge on any atom is -0.353 e. The van der Waals surface area contributed by atoms with Gasteiger partial charge in [-0.1, -0.05) is 43.7 Å². The second-order valence-corrected chi connectivity index (χ2v) is 5.50. The molecule has 3 atom stereocenters. The van der Waals surface area contributed by atoms with E-state index in [2.05, 4.69) is 48.7 Å². The molecule has 0 heterocycles. The standard InChI is InChI=1S/C16H24N2O/c1-3-7-12(2)18-16(19)11-17-15-10-14(15)13-8-5-4-6-9-13/h4-6,8-9,12,14-15,17H,3,7,10-11H2,1-2H3,(H,18,19). The molecule has 2 N–H and O–H groups in total. The maximum atomic E-state index is 11.7. The van der Waals surface area contributed by atoms with Crippen LogP contribution in [0.15, 0.2) is 30.3 Å². The molecule has 0 aliphatic heterocycles. The summed E-state index contributed by atoms with van der Waals surface area (Å²) in [5, 5.41) is 6.36. The average Bonchev–Trinajstić information content (AvgIpc) is 3.17. The van der Waals surface area contributed by atoms with E-state index in [9.17, 15) is 4.79 Å². The molecule has 3 heteroatoms. The van der Waals surface area contributed by atoms with E-state index in [1.54, 1.807) is 0 Å². The van der Waals surface area contributed by atoms with Gasteiger partial charge in [-0.3, -0.25) is 4.79 Å². The number of hydrogen-bond donors (Lipinski definition) is 2. The Kier molecular flexibility index (Phi) is 4.97. The molecule has 0 aromatic heterocycles. The normalized spacial score (nSPS) is 22.8. The van der Waals surface area contributed by atoms with Crippen LogP contribution in [0, 0.1) is 0 Å². The van der Waals surface area contributed by atoms with Crippen LogP contribution in [0.3, 0.4) is 0 Å². The zero-order valence-corrected chi connectivity index (χ0v) is 11.9. The Balaban J connectivity index is 1.66. The van der Waals surface area contributed by atoms with Crippen LogP contribution < -0.4 is 10.6 Å². The van der Waals surface area contributed by atoms with Crippen molar-refractivity contribution in [3.63, 3.8) is 0 Å². The molecule has 19 heavy (non-hydrogen) atoms. The summed E-state index contributed by atoms with van der Waals surface area (Å²) in [7, 11) is 0. The zero-order chi connectivity index (χ0) is 13.7. The van der Waals surface area contributed by atoms with Crippen molar-refractivity contribution in [1.29, 1.82) is 0 Å². The van der Waals surface area contributed by atoms with Crippen LogP contribution >= 0.6 is 0 Å². The highest BCUT2D eigenvalue weighted by Crippen LogP contribution is 2.40. The first kappa shape index (κ1) is 14.1. The van der Waals surface area contributed by atoms with Crippen molar-refractivity contribution in [2.75, 3.05) is 6.54 Å². The van der Waals surface area contributed by atoms with E-state index >= 15 is 0 Å². The number of benzene rings is 1. The van der Waals surface area contributed by atoms with Crippen molar-refractivity contribution in [2.45, 2.75) is 51.1 Å². The Morgan fingerprint density at radius 1 is 1.37 bits per heavy atom. The van der Waals surface area contributed by atoms with Crippen LogP contribution in [0.5, 0.6) is 0 Å². The topological polar surface area (TPSA) is 41.1 Å². The Hall–Kier alpha value is -1.35. The Morgan fingerprint density at radius 2 is 2.11 bits per heavy atom. The number of nitrogens with one attached hydrogen (secondary N) is 2. The van der Waals surface area contributed by atoms with Gasteiger partial charge in [0.2, 0.25) is 5.91 Å². The predicted octanol–water partition coefficient (Wildman–Crippen LogP) is 2.44. The van der Waals surface area contributed by atoms with E-state index in [4.69, 9.17) is 0 Å². The average molecular weight is 260 g/mol. The van der Waals surface area contributed by atoms with Crippen molar-refractivity contribution in [3.05, 3.63) is 35.9 Å². The molecule has 2 rings (SSSR count). The van der Waals surface area contributed by atoms with Gasteiger partial charge < -0.3 is 10.6 Å². The van der Waals surface area contributed by atoms with Crippen LogP contribution in [0.2, 0.25) is 0 Å². The fourth-order valence-corrected chi connectivity index (χ4v) is 2.54. The van der Waals surface area contributed by atoms with Gasteiger partial charge in [0.1, 0.15) is 0 Å². The van der Waals surface area contributed by atoms with Crippen LogP contribution in [-0.2, 0) is 4.79 Å². The highest BCUT2D eigenvalue weighted by molar-refractivity contribution is 5.78. The summed E-state index contributed by atoms with van der Waals surface area (Å²) >= 11 is 0. The molecule has 104 valence electrons. The minimum absolute atomic E-state index is 0.111. The molecule has 1 aromatic carbocycles. The molecule has 0 saturated heterocycles. The predicted molar refractivity (Wildman–Crippen MR) is 78.1 cm³/mol. The van der Waals surface area contributed by atoms with Crippen LogP contribution in [0.25, 0.3) is 0 Å². The summed E-state index contributed by atoms with van der Waals surface area (Å²) in [6, 6.07) is 11.3. The summed E-state index contributed by atoms with van der Waals surface area (Å²) in [6.07, 6.45) is 3.29. The molecular weight excluding hydrogens is 236 g/mol. The van der Waals surface area contributed by atoms with Crippen LogP contribution in [0.1, 0.15) is 44.6 Å². The van der Waals surface area contributed by atoms with E-state index in [1.807, 2.05) is 6.07 Å². The molecule has 1 aliphatic rings. The first-order chi connectivity index (χ1) is 9.20. The van der Waals surface area contributed by atoms with Crippen LogP contribution in [-0.4, -0.2) is 24.5 Å². The molecule has 1 fully saturated rings. The number of rotatable bonds is 7. The van der Waals surface area contributed by atoms with Gasteiger partial charge in [-0.25, -0.2) is 0 Å². The molecule has 1 aliphatic carbocycles. The SMILES string of the molecule is CCCC(C)NC(=O)CNC1CC1c1ccccc1. The smallest absolute Gasteiger partial charge is 0.234 e. The molecular formula is C16H24N2O. The molecule has 1 amide bonds. The fourth-order valence-electron chi connectivity index (χ4n) is 2.54. The third-order valence-electron chi connectivity index (χ3n) is 3.67. The molecule has 1 aromatic rings. The first-order valence-corrected chi connectivity index (χ1v) is 7.28. The zero-order valence-electron chi connectivity index (χ0n) is 11.9. The third kappa shape index (κ3) is 4.35. The second-order valence-electron chi connectivity index (χ2n) is 5.50. The van der Waals surface area contributed by atoms with Crippen LogP contribution in [0.4, 0.5) is 0 Å². The maximum absolute atomic E-state index is 11.7. The summed E-state index contributed by atoms with van der Waals surface area (Å²) in [4.78, 5) is 11.7. The minimum atomic E-state index is 0.111. The highest BCUT2D eigenvalue weighted by Gasteiger charge is 2.37. The maximum Gasteiger partial charge on any atom is 0.234 e. The lowest BCUT2D eigenvalue weighted by Gasteiger charge is -2.13. The lowest BCUT2D eigenvalue weighted by molar-refractivity contribution is -0.120. The summed E-state index contributed by atoms with van der Waals surface area (Å²) in [6.45, 7) is 4.63. The Morgan fingerprint density at radius 3 is 2.79 bits per heavy atom. The number of carbonyl (C=O) groups excluding carboxylic acids is 1. The van der Waals surface area contributed by atoms with Crippen molar-refractivity contribution in [3.8, 4) is 0 Å². The van der Waals surface area contributed by atoms with Crippen molar-refractivity contribution < 1.29 is 4.79 Å². The van der Waals surface area contributed by atoms with Gasteiger partial charge >= 0.3 is 0 Å². The number of amides is 1. The molecule has 0 spiro atoms. The van der Waals surface area contributed by atoms with Crippen molar-refractivity contribution in [1.82, 2.24) is 10.6 Å².